The Morgan fingerprint density at radius 3 is 1.76 bits per heavy atom. The number of aliphatic hydroxyl groups is 16. The first-order valence-electron chi connectivity index (χ1n) is 30.2. The van der Waals surface area contributed by atoms with Crippen LogP contribution in [0.5, 0.6) is 0 Å². The fourth-order valence-corrected chi connectivity index (χ4v) is 17.2. The number of ether oxygens (including phenoxy) is 10. The molecule has 16 N–H and O–H groups in total. The van der Waals surface area contributed by atoms with Gasteiger partial charge in [-0.3, -0.25) is 0 Å². The first-order valence-corrected chi connectivity index (χ1v) is 30.2. The van der Waals surface area contributed by atoms with E-state index in [1.54, 1.807) is 0 Å². The molecule has 0 unspecified atom stereocenters. The molecule has 0 aromatic carbocycles. The lowest BCUT2D eigenvalue weighted by Gasteiger charge is -2.71. The van der Waals surface area contributed by atoms with Gasteiger partial charge in [-0.25, -0.2) is 0 Å². The van der Waals surface area contributed by atoms with E-state index in [0.29, 0.717) is 38.5 Å². The van der Waals surface area contributed by atoms with Crippen LogP contribution in [0.1, 0.15) is 113 Å². The van der Waals surface area contributed by atoms with Crippen LogP contribution in [-0.4, -0.2) is 274 Å². The molecule has 9 aliphatic rings. The second-order valence-electron chi connectivity index (χ2n) is 27.7. The molecule has 0 aromatic rings. The second-order valence-corrected chi connectivity index (χ2v) is 27.7. The molecule has 33 atom stereocenters. The topological polar surface area (TPSA) is 416 Å². The summed E-state index contributed by atoms with van der Waals surface area (Å²) in [6.07, 6.45) is -29.8. The summed E-state index contributed by atoms with van der Waals surface area (Å²) in [5.41, 5.74) is -1.68. The van der Waals surface area contributed by atoms with Crippen molar-refractivity contribution in [1.82, 2.24) is 0 Å². The van der Waals surface area contributed by atoms with Gasteiger partial charge in [0, 0.05) is 0 Å². The van der Waals surface area contributed by atoms with Gasteiger partial charge < -0.3 is 129 Å². The van der Waals surface area contributed by atoms with Gasteiger partial charge in [0.25, 0.3) is 0 Å². The van der Waals surface area contributed by atoms with Crippen LogP contribution in [0.15, 0.2) is 11.6 Å². The highest BCUT2D eigenvalue weighted by atomic mass is 16.8. The summed E-state index contributed by atoms with van der Waals surface area (Å²) >= 11 is 0. The fourth-order valence-electron chi connectivity index (χ4n) is 17.2. The molecule has 4 aliphatic carbocycles. The number of hydrogen-bond acceptors (Lipinski definition) is 26. The molecule has 0 radical (unpaired) electrons. The zero-order valence-electron chi connectivity index (χ0n) is 49.5. The Morgan fingerprint density at radius 1 is 0.536 bits per heavy atom. The Balaban J connectivity index is 0.895. The summed E-state index contributed by atoms with van der Waals surface area (Å²) in [7, 11) is 0. The van der Waals surface area contributed by atoms with E-state index < -0.39 is 190 Å². The maximum atomic E-state index is 12.9. The number of fused-ring (bicyclic) bond motifs is 5. The van der Waals surface area contributed by atoms with E-state index in [0.717, 1.165) is 24.8 Å². The highest BCUT2D eigenvalue weighted by molar-refractivity contribution is 5.21. The van der Waals surface area contributed by atoms with E-state index in [9.17, 15) is 81.7 Å². The SMILES string of the molecule is CC(C)=CCC[C@](C)(O[C@H]1O[C@@H](CO[C@H]2OC[C@H](O[C@H]3OC[C@H](O)[C@@H](O)[C@@H]3O)[C@@H](O)[C@@H]2O)[C@H](O)[C@@H](O)[C@@H]1O)[C@@H]1CC[C@]2(C)[C@H]1[C@@H](O)C[C@H]1[C@@]3(C)CC[C@H](O[C@H]4O[C@@H](CO)[C@H](O)[C@@H](O)[C@@H]4O[C@H]4O[C@@H](CO)[C@H](O)[C@@H](O)[C@@H]4O)C(C)(C)[C@@H]3CC[C@@]12C. The summed E-state index contributed by atoms with van der Waals surface area (Å²) < 4.78 is 60.3. The van der Waals surface area contributed by atoms with Crippen molar-refractivity contribution in [3.63, 3.8) is 0 Å². The minimum atomic E-state index is -1.82. The van der Waals surface area contributed by atoms with Crippen molar-refractivity contribution < 1.29 is 129 Å². The van der Waals surface area contributed by atoms with E-state index in [4.69, 9.17) is 47.4 Å². The maximum absolute atomic E-state index is 12.9. The lowest BCUT2D eigenvalue weighted by Crippen LogP contribution is -2.68. The van der Waals surface area contributed by atoms with Gasteiger partial charge in [-0.2, -0.15) is 0 Å². The van der Waals surface area contributed by atoms with Gasteiger partial charge in [0.1, 0.15) is 110 Å². The zero-order chi connectivity index (χ0) is 61.5. The molecule has 0 amide bonds. The highest BCUT2D eigenvalue weighted by Gasteiger charge is 2.72. The standard InChI is InChI=1S/C58H98O26/c1-24(2)10-9-14-58(8,84-52-47(74)42(69)39(66)30(81-52)22-76-49-45(72)40(67)31(23-77-49)80-50-44(71)36(63)27(62)21-75-50)25-11-16-57(7)35(25)26(61)18-33-55(5)15-13-34(54(3,4)32(55)12-17-56(33,57)6)82-53-48(43(70)38(65)29(20-60)79-53)83-51-46(73)41(68)37(64)28(19-59)78-51/h10,25-53,59-74H,9,11-23H2,1-8H3/t25-,26+,27+,28+,29+,30+,31+,32+,33+,34+,35-,36-,37+,38+,39+,40-,41-,42-,43-,44+,45+,46+,47+,48+,49+,50-,51-,52-,53-,55+,56+,57-,58+/m1/s1. The predicted molar refractivity (Wildman–Crippen MR) is 287 cm³/mol. The van der Waals surface area contributed by atoms with Crippen LogP contribution in [0.3, 0.4) is 0 Å². The molecule has 0 spiro atoms. The molecule has 0 bridgehead atoms. The Bertz CT molecular complexity index is 2210. The Labute approximate surface area is 490 Å². The minimum Gasteiger partial charge on any atom is -0.394 e. The van der Waals surface area contributed by atoms with Crippen LogP contribution in [0, 0.1) is 45.3 Å². The largest absolute Gasteiger partial charge is 0.394 e. The van der Waals surface area contributed by atoms with E-state index >= 15 is 0 Å². The average molecular weight is 1210 g/mol. The lowest BCUT2D eigenvalue weighted by molar-refractivity contribution is -0.378. The summed E-state index contributed by atoms with van der Waals surface area (Å²) in [6.45, 7) is 14.5. The zero-order valence-corrected chi connectivity index (χ0v) is 49.5. The molecule has 9 rings (SSSR count). The predicted octanol–water partition coefficient (Wildman–Crippen LogP) is -3.10. The fraction of sp³-hybridized carbons (Fsp3) is 0.966. The molecule has 4 saturated carbocycles. The molecule has 84 heavy (non-hydrogen) atoms. The number of allylic oxidation sites excluding steroid dienone is 2. The van der Waals surface area contributed by atoms with Crippen LogP contribution in [-0.2, 0) is 47.4 Å². The normalized spacial score (nSPS) is 53.0. The van der Waals surface area contributed by atoms with Crippen LogP contribution in [0.25, 0.3) is 0 Å². The molecule has 5 saturated heterocycles. The van der Waals surface area contributed by atoms with Crippen molar-refractivity contribution in [3.05, 3.63) is 11.6 Å². The molecule has 486 valence electrons. The third-order valence-electron chi connectivity index (χ3n) is 22.2. The maximum Gasteiger partial charge on any atom is 0.187 e. The molecule has 9 fully saturated rings. The van der Waals surface area contributed by atoms with Crippen LogP contribution >= 0.6 is 0 Å². The van der Waals surface area contributed by atoms with E-state index in [2.05, 4.69) is 40.7 Å². The molecule has 0 aromatic heterocycles. The number of hydrogen-bond donors (Lipinski definition) is 16. The van der Waals surface area contributed by atoms with Crippen molar-refractivity contribution in [1.29, 1.82) is 0 Å². The summed E-state index contributed by atoms with van der Waals surface area (Å²) in [5, 5.41) is 174. The van der Waals surface area contributed by atoms with E-state index in [1.807, 2.05) is 20.8 Å². The summed E-state index contributed by atoms with van der Waals surface area (Å²) in [4.78, 5) is 0. The van der Waals surface area contributed by atoms with Gasteiger partial charge in [-0.15, -0.1) is 0 Å². The monoisotopic (exact) mass is 1210 g/mol. The van der Waals surface area contributed by atoms with Crippen molar-refractivity contribution in [2.75, 3.05) is 33.0 Å². The Morgan fingerprint density at radius 2 is 1.11 bits per heavy atom. The van der Waals surface area contributed by atoms with Crippen LogP contribution in [0.4, 0.5) is 0 Å². The first kappa shape index (κ1) is 67.1. The van der Waals surface area contributed by atoms with Gasteiger partial charge in [0.05, 0.1) is 50.8 Å². The number of aliphatic hydroxyl groups excluding tert-OH is 16. The van der Waals surface area contributed by atoms with Gasteiger partial charge in [0.15, 0.2) is 31.5 Å². The van der Waals surface area contributed by atoms with Gasteiger partial charge >= 0.3 is 0 Å². The van der Waals surface area contributed by atoms with Gasteiger partial charge in [0.2, 0.25) is 0 Å². The smallest absolute Gasteiger partial charge is 0.187 e. The Kier molecular flexibility index (Phi) is 20.6. The van der Waals surface area contributed by atoms with Crippen LogP contribution < -0.4 is 0 Å². The van der Waals surface area contributed by atoms with E-state index in [-0.39, 0.29) is 47.7 Å². The van der Waals surface area contributed by atoms with Crippen molar-refractivity contribution in [2.45, 2.75) is 272 Å². The van der Waals surface area contributed by atoms with Crippen molar-refractivity contribution >= 4 is 0 Å². The third-order valence-corrected chi connectivity index (χ3v) is 22.2. The van der Waals surface area contributed by atoms with Crippen molar-refractivity contribution in [2.24, 2.45) is 45.3 Å². The molecule has 5 heterocycles. The molecular weight excluding hydrogens is 1110 g/mol. The quantitative estimate of drug-likeness (QED) is 0.0507. The van der Waals surface area contributed by atoms with Crippen LogP contribution in [0.2, 0.25) is 0 Å². The van der Waals surface area contributed by atoms with Gasteiger partial charge in [-0.1, -0.05) is 46.3 Å². The summed E-state index contributed by atoms with van der Waals surface area (Å²) in [5.74, 6) is -0.533. The van der Waals surface area contributed by atoms with E-state index in [1.165, 1.54) is 0 Å². The highest BCUT2D eigenvalue weighted by Crippen LogP contribution is 2.76. The number of rotatable bonds is 17. The molecule has 26 nitrogen and oxygen atoms in total. The molecule has 5 aliphatic heterocycles. The Hall–Kier alpha value is -1.30. The third kappa shape index (κ3) is 12.0. The minimum absolute atomic E-state index is 0.0238. The average Bonchev–Trinajstić information content (AvgIpc) is 1.25. The van der Waals surface area contributed by atoms with Crippen molar-refractivity contribution in [3.8, 4) is 0 Å². The molecule has 26 heteroatoms. The second kappa shape index (κ2) is 25.8. The first-order chi connectivity index (χ1) is 39.4. The summed E-state index contributed by atoms with van der Waals surface area (Å²) in [6, 6.07) is 0. The molecular formula is C58H98O26. The lowest BCUT2D eigenvalue weighted by atomic mass is 9.35. The van der Waals surface area contributed by atoms with Gasteiger partial charge in [-0.05, 0) is 124 Å².